The number of aromatic amines is 1. The molecule has 0 saturated carbocycles. The molecule has 1 unspecified atom stereocenters. The molecule has 3 aromatic heterocycles. The lowest BCUT2D eigenvalue weighted by Crippen LogP contribution is -2.30. The number of hydrogen-bond acceptors (Lipinski definition) is 7. The quantitative estimate of drug-likeness (QED) is 0.417. The fourth-order valence-electron chi connectivity index (χ4n) is 4.08. The number of H-pyrrole nitrogens is 1. The Balaban J connectivity index is 1.38. The molecule has 174 valence electrons. The smallest absolute Gasteiger partial charge is 0.270 e. The zero-order valence-corrected chi connectivity index (χ0v) is 19.4. The monoisotopic (exact) mass is 459 g/mol. The summed E-state index contributed by atoms with van der Waals surface area (Å²) in [4.78, 5) is 42.9. The number of hydrogen-bond donors (Lipinski definition) is 3. The largest absolute Gasteiger partial charge is 0.463 e. The van der Waals surface area contributed by atoms with E-state index in [4.69, 9.17) is 9.40 Å². The maximum Gasteiger partial charge on any atom is 0.270 e. The van der Waals surface area contributed by atoms with Gasteiger partial charge >= 0.3 is 0 Å². The number of carbonyl (C=O) groups is 2. The van der Waals surface area contributed by atoms with Gasteiger partial charge in [0.1, 0.15) is 35.2 Å². The molecule has 0 aliphatic carbocycles. The van der Waals surface area contributed by atoms with Crippen LogP contribution in [0.4, 0.5) is 11.5 Å². The van der Waals surface area contributed by atoms with Gasteiger partial charge in [0, 0.05) is 31.8 Å². The summed E-state index contributed by atoms with van der Waals surface area (Å²) in [5.74, 6) is 1.93. The van der Waals surface area contributed by atoms with Crippen LogP contribution < -0.4 is 15.5 Å². The Morgan fingerprint density at radius 2 is 2.03 bits per heavy atom. The van der Waals surface area contributed by atoms with Crippen LogP contribution in [0.2, 0.25) is 0 Å². The van der Waals surface area contributed by atoms with E-state index in [0.717, 1.165) is 22.3 Å². The van der Waals surface area contributed by atoms with Crippen molar-refractivity contribution in [1.82, 2.24) is 25.3 Å². The van der Waals surface area contributed by atoms with Gasteiger partial charge in [0.05, 0.1) is 22.6 Å². The lowest BCUT2D eigenvalue weighted by atomic mass is 10.0. The van der Waals surface area contributed by atoms with Gasteiger partial charge in [-0.15, -0.1) is 0 Å². The predicted octanol–water partition coefficient (Wildman–Crippen LogP) is 3.36. The number of nitrogens with one attached hydrogen (secondary N) is 3. The van der Waals surface area contributed by atoms with Gasteiger partial charge in [-0.05, 0) is 44.5 Å². The molecule has 10 nitrogen and oxygen atoms in total. The number of aromatic nitrogens is 4. The minimum Gasteiger partial charge on any atom is -0.463 e. The van der Waals surface area contributed by atoms with E-state index in [1.165, 1.54) is 6.33 Å². The molecule has 2 amide bonds. The second-order valence-electron chi connectivity index (χ2n) is 8.59. The molecular weight excluding hydrogens is 434 g/mol. The number of carbonyl (C=O) groups excluding carboxylic acids is 2. The Hall–Kier alpha value is -4.21. The second-order valence-corrected chi connectivity index (χ2v) is 8.59. The zero-order valence-electron chi connectivity index (χ0n) is 19.4. The first-order chi connectivity index (χ1) is 16.3. The topological polar surface area (TPSA) is 129 Å². The Kier molecular flexibility index (Phi) is 5.27. The van der Waals surface area contributed by atoms with Gasteiger partial charge < -0.3 is 24.9 Å². The van der Waals surface area contributed by atoms with E-state index in [2.05, 4.69) is 31.7 Å². The minimum absolute atomic E-state index is 0.118. The Labute approximate surface area is 195 Å². The number of aryl methyl sites for hydroxylation is 1. The fraction of sp³-hybridized carbons (Fsp3) is 0.292. The molecule has 3 N–H and O–H groups in total. The molecule has 0 spiro atoms. The van der Waals surface area contributed by atoms with Crippen LogP contribution in [0.15, 0.2) is 35.0 Å². The standard InChI is InChI=1S/C24H25N7O3/c1-12(27-24(33)21-15-6-8-20(32)30-22(15)26-11-25-21)19-10-16(13(2)34-19)23-28-17-7-5-14(31(3)4)9-18(17)29-23/h5,7,9-12H,6,8H2,1-4H3,(H,27,33)(H,28,29)(H,25,26,30,32). The van der Waals surface area contributed by atoms with Gasteiger partial charge in [0.2, 0.25) is 5.91 Å². The average molecular weight is 460 g/mol. The van der Waals surface area contributed by atoms with Crippen LogP contribution in [-0.2, 0) is 11.2 Å². The van der Waals surface area contributed by atoms with Crippen molar-refractivity contribution in [2.75, 3.05) is 24.3 Å². The van der Waals surface area contributed by atoms with Crippen molar-refractivity contribution in [2.45, 2.75) is 32.7 Å². The van der Waals surface area contributed by atoms with Crippen molar-refractivity contribution in [3.63, 3.8) is 0 Å². The van der Waals surface area contributed by atoms with E-state index in [9.17, 15) is 9.59 Å². The Bertz CT molecular complexity index is 1420. The van der Waals surface area contributed by atoms with Gasteiger partial charge in [0.25, 0.3) is 5.91 Å². The van der Waals surface area contributed by atoms with E-state index < -0.39 is 6.04 Å². The number of imidazole rings is 1. The van der Waals surface area contributed by atoms with Crippen LogP contribution in [0.5, 0.6) is 0 Å². The number of furan rings is 1. The van der Waals surface area contributed by atoms with Gasteiger partial charge in [0.15, 0.2) is 0 Å². The van der Waals surface area contributed by atoms with E-state index >= 15 is 0 Å². The molecular formula is C24H25N7O3. The number of fused-ring (bicyclic) bond motifs is 2. The number of nitrogens with zero attached hydrogens (tertiary/aromatic N) is 4. The second kappa shape index (κ2) is 8.29. The Morgan fingerprint density at radius 3 is 2.82 bits per heavy atom. The fourth-order valence-corrected chi connectivity index (χ4v) is 4.08. The van der Waals surface area contributed by atoms with Crippen LogP contribution in [0, 0.1) is 6.92 Å². The first-order valence-corrected chi connectivity index (χ1v) is 11.0. The molecule has 0 saturated heterocycles. The molecule has 0 fully saturated rings. The number of rotatable bonds is 5. The SMILES string of the molecule is Cc1oc(C(C)NC(=O)c2ncnc3c2CCC(=O)N3)cc1-c1nc2ccc(N(C)C)cc2[nH]1. The molecule has 10 heteroatoms. The maximum atomic E-state index is 13.0. The van der Waals surface area contributed by atoms with Crippen molar-refractivity contribution >= 4 is 34.4 Å². The van der Waals surface area contributed by atoms with E-state index in [0.29, 0.717) is 41.6 Å². The summed E-state index contributed by atoms with van der Waals surface area (Å²) in [5.41, 5.74) is 4.61. The molecule has 1 aliphatic heterocycles. The lowest BCUT2D eigenvalue weighted by Gasteiger charge is -2.18. The van der Waals surface area contributed by atoms with Gasteiger partial charge in [-0.2, -0.15) is 0 Å². The number of anilines is 2. The lowest BCUT2D eigenvalue weighted by molar-refractivity contribution is -0.116. The highest BCUT2D eigenvalue weighted by molar-refractivity contribution is 5.99. The van der Waals surface area contributed by atoms with Crippen LogP contribution in [0.25, 0.3) is 22.4 Å². The van der Waals surface area contributed by atoms with Crippen molar-refractivity contribution in [2.24, 2.45) is 0 Å². The van der Waals surface area contributed by atoms with E-state index in [1.807, 2.05) is 51.0 Å². The average Bonchev–Trinajstić information content (AvgIpc) is 3.40. The normalized spacial score (nSPS) is 13.9. The van der Waals surface area contributed by atoms with Crippen LogP contribution in [-0.4, -0.2) is 45.8 Å². The summed E-state index contributed by atoms with van der Waals surface area (Å²) in [5, 5.41) is 5.63. The van der Waals surface area contributed by atoms with E-state index in [1.54, 1.807) is 0 Å². The zero-order chi connectivity index (χ0) is 24.0. The summed E-state index contributed by atoms with van der Waals surface area (Å²) in [6.07, 6.45) is 2.00. The molecule has 0 bridgehead atoms. The number of amides is 2. The Morgan fingerprint density at radius 1 is 1.21 bits per heavy atom. The van der Waals surface area contributed by atoms with Crippen molar-refractivity contribution in [3.8, 4) is 11.4 Å². The van der Waals surface area contributed by atoms with Crippen molar-refractivity contribution < 1.29 is 14.0 Å². The van der Waals surface area contributed by atoms with Crippen LogP contribution in [0.1, 0.15) is 47.0 Å². The van der Waals surface area contributed by atoms with Crippen molar-refractivity contribution in [3.05, 3.63) is 53.4 Å². The maximum absolute atomic E-state index is 13.0. The van der Waals surface area contributed by atoms with Gasteiger partial charge in [-0.1, -0.05) is 0 Å². The van der Waals surface area contributed by atoms with E-state index in [-0.39, 0.29) is 17.5 Å². The van der Waals surface area contributed by atoms with Crippen molar-refractivity contribution in [1.29, 1.82) is 0 Å². The summed E-state index contributed by atoms with van der Waals surface area (Å²) in [6.45, 7) is 3.71. The highest BCUT2D eigenvalue weighted by Gasteiger charge is 2.25. The molecule has 4 heterocycles. The summed E-state index contributed by atoms with van der Waals surface area (Å²) >= 11 is 0. The van der Waals surface area contributed by atoms with Crippen LogP contribution >= 0.6 is 0 Å². The third kappa shape index (κ3) is 3.87. The molecule has 4 aromatic rings. The predicted molar refractivity (Wildman–Crippen MR) is 128 cm³/mol. The summed E-state index contributed by atoms with van der Waals surface area (Å²) in [6, 6.07) is 7.54. The highest BCUT2D eigenvalue weighted by Crippen LogP contribution is 2.31. The third-order valence-electron chi connectivity index (χ3n) is 5.97. The van der Waals surface area contributed by atoms with Gasteiger partial charge in [-0.3, -0.25) is 9.59 Å². The van der Waals surface area contributed by atoms with Crippen LogP contribution in [0.3, 0.4) is 0 Å². The highest BCUT2D eigenvalue weighted by atomic mass is 16.3. The first kappa shape index (κ1) is 21.6. The molecule has 34 heavy (non-hydrogen) atoms. The molecule has 5 rings (SSSR count). The number of benzene rings is 1. The molecule has 1 atom stereocenters. The summed E-state index contributed by atoms with van der Waals surface area (Å²) < 4.78 is 5.98. The minimum atomic E-state index is -0.409. The third-order valence-corrected chi connectivity index (χ3v) is 5.97. The summed E-state index contributed by atoms with van der Waals surface area (Å²) in [7, 11) is 3.99. The first-order valence-electron chi connectivity index (χ1n) is 11.0. The molecule has 1 aromatic carbocycles. The van der Waals surface area contributed by atoms with Gasteiger partial charge in [-0.25, -0.2) is 15.0 Å². The molecule has 1 aliphatic rings. The molecule has 0 radical (unpaired) electrons.